The molecule has 3 rings (SSSR count). The molecule has 0 amide bonds. The number of rotatable bonds is 5. The first-order chi connectivity index (χ1) is 10.2. The van der Waals surface area contributed by atoms with Crippen molar-refractivity contribution in [2.45, 2.75) is 12.8 Å². The number of ether oxygens (including phenoxy) is 1. The molecule has 7 nitrogen and oxygen atoms in total. The number of aromatic amines is 1. The van der Waals surface area contributed by atoms with Crippen molar-refractivity contribution in [3.05, 3.63) is 48.0 Å². The third kappa shape index (κ3) is 3.02. The summed E-state index contributed by atoms with van der Waals surface area (Å²) in [5, 5.41) is 11.0. The molecule has 0 atom stereocenters. The van der Waals surface area contributed by atoms with Crippen LogP contribution in [0.3, 0.4) is 0 Å². The average molecular weight is 284 g/mol. The molecule has 0 aliphatic heterocycles. The van der Waals surface area contributed by atoms with Crippen molar-refractivity contribution in [2.24, 2.45) is 0 Å². The van der Waals surface area contributed by atoms with Crippen LogP contribution in [0.5, 0.6) is 5.75 Å². The standard InChI is InChI=1S/C14H16N6O/c1-21-12-4-2-3-11(7-12)20-9-10(8-16-20)5-6-13-17-14(15)19-18-13/h2-4,7-9H,5-6H2,1H3,(H3,15,17,18,19). The SMILES string of the molecule is COc1cccc(-n2cc(CCc3nc(N)n[nH]3)cn2)c1. The highest BCUT2D eigenvalue weighted by Crippen LogP contribution is 2.16. The van der Waals surface area contributed by atoms with Gasteiger partial charge in [0.1, 0.15) is 11.6 Å². The fourth-order valence-electron chi connectivity index (χ4n) is 2.07. The Morgan fingerprint density at radius 2 is 2.24 bits per heavy atom. The van der Waals surface area contributed by atoms with Gasteiger partial charge < -0.3 is 10.5 Å². The van der Waals surface area contributed by atoms with Gasteiger partial charge in [0.25, 0.3) is 0 Å². The van der Waals surface area contributed by atoms with Crippen molar-refractivity contribution in [3.63, 3.8) is 0 Å². The first-order valence-electron chi connectivity index (χ1n) is 6.59. The van der Waals surface area contributed by atoms with Crippen molar-refractivity contribution < 1.29 is 4.74 Å². The molecule has 0 spiro atoms. The average Bonchev–Trinajstić information content (AvgIpc) is 3.14. The molecule has 0 aliphatic rings. The summed E-state index contributed by atoms with van der Waals surface area (Å²) in [7, 11) is 1.65. The van der Waals surface area contributed by atoms with Crippen LogP contribution in [0.4, 0.5) is 5.95 Å². The molecule has 2 aromatic heterocycles. The second-order valence-corrected chi connectivity index (χ2v) is 4.63. The Morgan fingerprint density at radius 3 is 3.00 bits per heavy atom. The maximum absolute atomic E-state index is 5.47. The number of benzene rings is 1. The van der Waals surface area contributed by atoms with Crippen LogP contribution in [-0.2, 0) is 12.8 Å². The molecule has 0 radical (unpaired) electrons. The lowest BCUT2D eigenvalue weighted by Crippen LogP contribution is -1.95. The van der Waals surface area contributed by atoms with Crippen LogP contribution in [0.15, 0.2) is 36.7 Å². The molecular formula is C14H16N6O. The molecule has 0 unspecified atom stereocenters. The van der Waals surface area contributed by atoms with Crippen LogP contribution in [0.25, 0.3) is 5.69 Å². The van der Waals surface area contributed by atoms with Crippen LogP contribution in [0, 0.1) is 0 Å². The lowest BCUT2D eigenvalue weighted by atomic mass is 10.2. The molecule has 3 aromatic rings. The number of aromatic nitrogens is 5. The predicted molar refractivity (Wildman–Crippen MR) is 78.3 cm³/mol. The van der Waals surface area contributed by atoms with E-state index in [1.807, 2.05) is 41.3 Å². The zero-order valence-corrected chi connectivity index (χ0v) is 11.7. The van der Waals surface area contributed by atoms with Crippen molar-refractivity contribution in [1.29, 1.82) is 0 Å². The van der Waals surface area contributed by atoms with Gasteiger partial charge in [-0.15, -0.1) is 5.10 Å². The molecule has 3 N–H and O–H groups in total. The lowest BCUT2D eigenvalue weighted by Gasteiger charge is -2.03. The number of nitrogen functional groups attached to an aromatic ring is 1. The number of aryl methyl sites for hydroxylation is 2. The number of H-pyrrole nitrogens is 1. The molecule has 0 fully saturated rings. The minimum atomic E-state index is 0.275. The van der Waals surface area contributed by atoms with Gasteiger partial charge in [-0.2, -0.15) is 10.1 Å². The van der Waals surface area contributed by atoms with Gasteiger partial charge in [-0.25, -0.2) is 4.68 Å². The Morgan fingerprint density at radius 1 is 1.33 bits per heavy atom. The van der Waals surface area contributed by atoms with Crippen LogP contribution < -0.4 is 10.5 Å². The molecule has 2 heterocycles. The van der Waals surface area contributed by atoms with E-state index in [-0.39, 0.29) is 5.95 Å². The summed E-state index contributed by atoms with van der Waals surface area (Å²) in [4.78, 5) is 4.08. The zero-order chi connectivity index (χ0) is 14.7. The molecule has 0 bridgehead atoms. The van der Waals surface area contributed by atoms with Gasteiger partial charge in [-0.1, -0.05) is 6.07 Å². The van der Waals surface area contributed by atoms with Crippen molar-refractivity contribution in [2.75, 3.05) is 12.8 Å². The fourth-order valence-corrected chi connectivity index (χ4v) is 2.07. The van der Waals surface area contributed by atoms with Gasteiger partial charge >= 0.3 is 0 Å². The Bertz CT molecular complexity index is 732. The minimum Gasteiger partial charge on any atom is -0.497 e. The van der Waals surface area contributed by atoms with E-state index in [2.05, 4.69) is 20.3 Å². The summed E-state index contributed by atoms with van der Waals surface area (Å²) in [6.07, 6.45) is 5.40. The molecular weight excluding hydrogens is 268 g/mol. The van der Waals surface area contributed by atoms with E-state index in [0.717, 1.165) is 35.7 Å². The van der Waals surface area contributed by atoms with Crippen molar-refractivity contribution >= 4 is 5.95 Å². The van der Waals surface area contributed by atoms with Crippen molar-refractivity contribution in [3.8, 4) is 11.4 Å². The van der Waals surface area contributed by atoms with E-state index in [1.165, 1.54) is 0 Å². The summed E-state index contributed by atoms with van der Waals surface area (Å²) < 4.78 is 7.04. The normalized spacial score (nSPS) is 10.7. The molecule has 0 saturated carbocycles. The number of hydrogen-bond acceptors (Lipinski definition) is 5. The molecule has 21 heavy (non-hydrogen) atoms. The van der Waals surface area contributed by atoms with E-state index in [0.29, 0.717) is 0 Å². The maximum Gasteiger partial charge on any atom is 0.239 e. The van der Waals surface area contributed by atoms with Gasteiger partial charge in [0.05, 0.1) is 19.0 Å². The topological polar surface area (TPSA) is 94.6 Å². The third-order valence-corrected chi connectivity index (χ3v) is 3.15. The highest BCUT2D eigenvalue weighted by molar-refractivity contribution is 5.38. The highest BCUT2D eigenvalue weighted by Gasteiger charge is 2.05. The summed E-state index contributed by atoms with van der Waals surface area (Å²) in [5.74, 6) is 1.86. The summed E-state index contributed by atoms with van der Waals surface area (Å²) >= 11 is 0. The van der Waals surface area contributed by atoms with Gasteiger partial charge in [0.15, 0.2) is 0 Å². The smallest absolute Gasteiger partial charge is 0.239 e. The third-order valence-electron chi connectivity index (χ3n) is 3.15. The van der Waals surface area contributed by atoms with Gasteiger partial charge in [-0.05, 0) is 24.1 Å². The first kappa shape index (κ1) is 13.2. The first-order valence-corrected chi connectivity index (χ1v) is 6.59. The van der Waals surface area contributed by atoms with E-state index < -0.39 is 0 Å². The number of nitrogens with zero attached hydrogens (tertiary/aromatic N) is 4. The van der Waals surface area contributed by atoms with Gasteiger partial charge in [-0.3, -0.25) is 5.10 Å². The monoisotopic (exact) mass is 284 g/mol. The second-order valence-electron chi connectivity index (χ2n) is 4.63. The Hall–Kier alpha value is -2.83. The molecule has 0 aliphatic carbocycles. The second kappa shape index (κ2) is 5.66. The summed E-state index contributed by atoms with van der Waals surface area (Å²) in [6.45, 7) is 0. The van der Waals surface area contributed by atoms with Crippen LogP contribution in [-0.4, -0.2) is 32.1 Å². The number of hydrogen-bond donors (Lipinski definition) is 2. The summed E-state index contributed by atoms with van der Waals surface area (Å²) in [5.41, 5.74) is 7.55. The lowest BCUT2D eigenvalue weighted by molar-refractivity contribution is 0.414. The molecule has 1 aromatic carbocycles. The fraction of sp³-hybridized carbons (Fsp3) is 0.214. The Kier molecular flexibility index (Phi) is 3.55. The van der Waals surface area contributed by atoms with E-state index >= 15 is 0 Å². The predicted octanol–water partition coefficient (Wildman–Crippen LogP) is 1.37. The summed E-state index contributed by atoms with van der Waals surface area (Å²) in [6, 6.07) is 7.76. The van der Waals surface area contributed by atoms with Crippen molar-refractivity contribution in [1.82, 2.24) is 25.0 Å². The minimum absolute atomic E-state index is 0.275. The quantitative estimate of drug-likeness (QED) is 0.737. The van der Waals surface area contributed by atoms with Gasteiger partial charge in [0, 0.05) is 18.7 Å². The number of nitrogens with two attached hydrogens (primary N) is 1. The number of nitrogens with one attached hydrogen (secondary N) is 1. The van der Waals surface area contributed by atoms with Gasteiger partial charge in [0.2, 0.25) is 5.95 Å². The zero-order valence-electron chi connectivity index (χ0n) is 11.7. The van der Waals surface area contributed by atoms with E-state index in [4.69, 9.17) is 10.5 Å². The molecule has 0 saturated heterocycles. The number of anilines is 1. The largest absolute Gasteiger partial charge is 0.497 e. The Balaban J connectivity index is 1.70. The highest BCUT2D eigenvalue weighted by atomic mass is 16.5. The van der Waals surface area contributed by atoms with Crippen LogP contribution in [0.2, 0.25) is 0 Å². The Labute approximate surface area is 121 Å². The molecule has 7 heteroatoms. The van der Waals surface area contributed by atoms with E-state index in [9.17, 15) is 0 Å². The molecule has 108 valence electrons. The van der Waals surface area contributed by atoms with E-state index in [1.54, 1.807) is 7.11 Å². The van der Waals surface area contributed by atoms with Crippen LogP contribution in [0.1, 0.15) is 11.4 Å². The maximum atomic E-state index is 5.47. The number of methoxy groups -OCH3 is 1. The van der Waals surface area contributed by atoms with Crippen LogP contribution >= 0.6 is 0 Å².